The minimum absolute atomic E-state index is 0.620. The number of benzene rings is 2. The van der Waals surface area contributed by atoms with Gasteiger partial charge >= 0.3 is 0 Å². The van der Waals surface area contributed by atoms with Gasteiger partial charge in [0.05, 0.1) is 6.61 Å². The summed E-state index contributed by atoms with van der Waals surface area (Å²) in [7, 11) is 0. The molecule has 0 radical (unpaired) electrons. The molecule has 0 saturated carbocycles. The number of hydrogen-bond donors (Lipinski definition) is 0. The van der Waals surface area contributed by atoms with E-state index in [4.69, 9.17) is 4.74 Å². The van der Waals surface area contributed by atoms with Gasteiger partial charge in [-0.2, -0.15) is 0 Å². The molecule has 2 aliphatic rings. The minimum Gasteiger partial charge on any atom is -0.493 e. The summed E-state index contributed by atoms with van der Waals surface area (Å²) in [5.74, 6) is 2.34. The molecule has 2 heterocycles. The van der Waals surface area contributed by atoms with Gasteiger partial charge in [-0.05, 0) is 73.3 Å². The lowest BCUT2D eigenvalue weighted by Crippen LogP contribution is -2.30. The van der Waals surface area contributed by atoms with Crippen molar-refractivity contribution in [2.75, 3.05) is 13.2 Å². The highest BCUT2D eigenvalue weighted by atomic mass is 16.5. The van der Waals surface area contributed by atoms with E-state index in [1.54, 1.807) is 0 Å². The number of ether oxygens (including phenoxy) is 1. The second-order valence-electron chi connectivity index (χ2n) is 9.61. The summed E-state index contributed by atoms with van der Waals surface area (Å²) in [4.78, 5) is 2.75. The van der Waals surface area contributed by atoms with Crippen molar-refractivity contribution >= 4 is 0 Å². The van der Waals surface area contributed by atoms with Gasteiger partial charge in [-0.1, -0.05) is 61.9 Å². The predicted molar refractivity (Wildman–Crippen MR) is 126 cm³/mol. The zero-order valence-corrected chi connectivity index (χ0v) is 19.2. The Labute approximate surface area is 182 Å². The van der Waals surface area contributed by atoms with Crippen LogP contribution in [-0.2, 0) is 19.4 Å². The van der Waals surface area contributed by atoms with Crippen LogP contribution in [0.15, 0.2) is 54.1 Å². The van der Waals surface area contributed by atoms with Crippen molar-refractivity contribution in [2.45, 2.75) is 71.9 Å². The molecule has 0 spiro atoms. The first-order chi connectivity index (χ1) is 14.5. The lowest BCUT2D eigenvalue weighted by molar-refractivity contribution is 0.222. The summed E-state index contributed by atoms with van der Waals surface area (Å²) >= 11 is 0. The molecule has 1 saturated heterocycles. The third kappa shape index (κ3) is 4.98. The maximum Gasteiger partial charge on any atom is 0.122 e. The summed E-state index contributed by atoms with van der Waals surface area (Å²) in [6, 6.07) is 16.7. The number of hydrogen-bond acceptors (Lipinski definition) is 2. The van der Waals surface area contributed by atoms with Crippen molar-refractivity contribution in [1.82, 2.24) is 4.90 Å². The molecule has 0 N–H and O–H groups in total. The average Bonchev–Trinajstić information content (AvgIpc) is 3.34. The summed E-state index contributed by atoms with van der Waals surface area (Å²) in [6.45, 7) is 12.1. The fourth-order valence-electron chi connectivity index (χ4n) is 5.37. The van der Waals surface area contributed by atoms with Gasteiger partial charge in [0.2, 0.25) is 0 Å². The predicted octanol–water partition coefficient (Wildman–Crippen LogP) is 6.53. The third-order valence-corrected chi connectivity index (χ3v) is 6.76. The highest BCUT2D eigenvalue weighted by Gasteiger charge is 2.34. The second kappa shape index (κ2) is 9.39. The van der Waals surface area contributed by atoms with Gasteiger partial charge in [0.15, 0.2) is 0 Å². The Bertz CT molecular complexity index is 895. The summed E-state index contributed by atoms with van der Waals surface area (Å²) in [6.07, 6.45) is 7.10. The third-order valence-electron chi connectivity index (χ3n) is 6.76. The molecule has 2 heteroatoms. The van der Waals surface area contributed by atoms with Crippen LogP contribution in [0.1, 0.15) is 68.7 Å². The number of fused-ring (bicyclic) bond motifs is 1. The fourth-order valence-corrected chi connectivity index (χ4v) is 5.37. The van der Waals surface area contributed by atoms with E-state index >= 15 is 0 Å². The van der Waals surface area contributed by atoms with Crippen LogP contribution in [0.25, 0.3) is 0 Å². The zero-order chi connectivity index (χ0) is 21.1. The van der Waals surface area contributed by atoms with Crippen LogP contribution in [0.3, 0.4) is 0 Å². The SMILES string of the molecule is CCc1cccc(CN2CC(c3ccc4c(c3)CCO4)CC2CC(C)C=C(C)C)c1. The number of rotatable bonds is 7. The maximum atomic E-state index is 5.73. The lowest BCUT2D eigenvalue weighted by atomic mass is 9.91. The number of likely N-dealkylation sites (tertiary alicyclic amines) is 1. The summed E-state index contributed by atoms with van der Waals surface area (Å²) < 4.78 is 5.73. The molecule has 1 fully saturated rings. The number of aryl methyl sites for hydroxylation is 1. The number of nitrogens with zero attached hydrogens (tertiary/aromatic N) is 1. The molecule has 0 bridgehead atoms. The van der Waals surface area contributed by atoms with E-state index < -0.39 is 0 Å². The Balaban J connectivity index is 1.54. The van der Waals surface area contributed by atoms with Crippen LogP contribution in [0.5, 0.6) is 5.75 Å². The Morgan fingerprint density at radius 1 is 1.17 bits per heavy atom. The number of allylic oxidation sites excluding steroid dienone is 2. The Morgan fingerprint density at radius 2 is 2.00 bits per heavy atom. The van der Waals surface area contributed by atoms with E-state index in [9.17, 15) is 0 Å². The van der Waals surface area contributed by atoms with Crippen molar-refractivity contribution in [3.05, 3.63) is 76.4 Å². The molecule has 0 amide bonds. The van der Waals surface area contributed by atoms with Crippen molar-refractivity contribution < 1.29 is 4.74 Å². The molecule has 0 aliphatic carbocycles. The zero-order valence-electron chi connectivity index (χ0n) is 19.2. The van der Waals surface area contributed by atoms with Crippen LogP contribution in [0.2, 0.25) is 0 Å². The van der Waals surface area contributed by atoms with E-state index in [1.165, 1.54) is 40.7 Å². The quantitative estimate of drug-likeness (QED) is 0.487. The Hall–Kier alpha value is -2.06. The van der Waals surface area contributed by atoms with Gasteiger partial charge < -0.3 is 4.74 Å². The molecule has 2 aromatic rings. The molecule has 4 rings (SSSR count). The highest BCUT2D eigenvalue weighted by Crippen LogP contribution is 2.38. The average molecular weight is 404 g/mol. The highest BCUT2D eigenvalue weighted by molar-refractivity contribution is 5.41. The van der Waals surface area contributed by atoms with Crippen LogP contribution < -0.4 is 4.74 Å². The fraction of sp³-hybridized carbons (Fsp3) is 0.500. The molecule has 2 aromatic carbocycles. The smallest absolute Gasteiger partial charge is 0.122 e. The monoisotopic (exact) mass is 403 g/mol. The standard InChI is InChI=1S/C28H37NO/c1-5-22-7-6-8-23(15-22)18-29-19-26(17-27(29)14-21(4)13-20(2)3)24-9-10-28-25(16-24)11-12-30-28/h6-10,13,15-16,21,26-27H,5,11-12,14,17-19H2,1-4H3. The summed E-state index contributed by atoms with van der Waals surface area (Å²) in [5.41, 5.74) is 7.23. The minimum atomic E-state index is 0.620. The first kappa shape index (κ1) is 21.2. The molecule has 160 valence electrons. The van der Waals surface area contributed by atoms with Crippen molar-refractivity contribution in [1.29, 1.82) is 0 Å². The first-order valence-corrected chi connectivity index (χ1v) is 11.7. The van der Waals surface area contributed by atoms with Crippen LogP contribution in [-0.4, -0.2) is 24.1 Å². The van der Waals surface area contributed by atoms with Gasteiger partial charge in [0.25, 0.3) is 0 Å². The van der Waals surface area contributed by atoms with Crippen molar-refractivity contribution in [3.63, 3.8) is 0 Å². The van der Waals surface area contributed by atoms with Crippen LogP contribution in [0, 0.1) is 5.92 Å². The molecule has 2 aliphatic heterocycles. The normalized spacial score (nSPS) is 21.9. The molecule has 30 heavy (non-hydrogen) atoms. The topological polar surface area (TPSA) is 12.5 Å². The van der Waals surface area contributed by atoms with Gasteiger partial charge in [-0.3, -0.25) is 4.90 Å². The molecule has 0 aromatic heterocycles. The van der Waals surface area contributed by atoms with Crippen molar-refractivity contribution in [3.8, 4) is 5.75 Å². The lowest BCUT2D eigenvalue weighted by Gasteiger charge is -2.26. The molecule has 3 atom stereocenters. The molecular weight excluding hydrogens is 366 g/mol. The van der Waals surface area contributed by atoms with E-state index in [0.717, 1.165) is 38.3 Å². The van der Waals surface area contributed by atoms with Gasteiger partial charge in [-0.15, -0.1) is 0 Å². The molecule has 3 unspecified atom stereocenters. The Morgan fingerprint density at radius 3 is 2.80 bits per heavy atom. The molecular formula is C28H37NO. The van der Waals surface area contributed by atoms with E-state index in [-0.39, 0.29) is 0 Å². The van der Waals surface area contributed by atoms with E-state index in [2.05, 4.69) is 81.1 Å². The summed E-state index contributed by atoms with van der Waals surface area (Å²) in [5, 5.41) is 0. The Kier molecular flexibility index (Phi) is 6.63. The maximum absolute atomic E-state index is 5.73. The van der Waals surface area contributed by atoms with Gasteiger partial charge in [0.1, 0.15) is 5.75 Å². The van der Waals surface area contributed by atoms with Crippen molar-refractivity contribution in [2.24, 2.45) is 5.92 Å². The van der Waals surface area contributed by atoms with Gasteiger partial charge in [-0.25, -0.2) is 0 Å². The van der Waals surface area contributed by atoms with Crippen LogP contribution in [0.4, 0.5) is 0 Å². The largest absolute Gasteiger partial charge is 0.493 e. The van der Waals surface area contributed by atoms with Crippen LogP contribution >= 0.6 is 0 Å². The van der Waals surface area contributed by atoms with E-state index in [0.29, 0.717) is 17.9 Å². The van der Waals surface area contributed by atoms with E-state index in [1.807, 2.05) is 0 Å². The second-order valence-corrected chi connectivity index (χ2v) is 9.61. The van der Waals surface area contributed by atoms with Gasteiger partial charge in [0, 0.05) is 25.6 Å². The first-order valence-electron chi connectivity index (χ1n) is 11.7. The molecule has 2 nitrogen and oxygen atoms in total.